The van der Waals surface area contributed by atoms with Crippen LogP contribution in [0.2, 0.25) is 0 Å². The van der Waals surface area contributed by atoms with E-state index in [-0.39, 0.29) is 18.1 Å². The molecule has 0 fully saturated rings. The number of ether oxygens (including phenoxy) is 1. The van der Waals surface area contributed by atoms with Gasteiger partial charge in [0, 0.05) is 48.1 Å². The first kappa shape index (κ1) is 17.3. The molecule has 1 aromatic carbocycles. The van der Waals surface area contributed by atoms with Crippen LogP contribution < -0.4 is 4.74 Å². The van der Waals surface area contributed by atoms with Crippen LogP contribution in [-0.2, 0) is 24.3 Å². The van der Waals surface area contributed by atoms with Crippen molar-refractivity contribution in [3.63, 3.8) is 0 Å². The number of nitrogens with zero attached hydrogens (tertiary/aromatic N) is 5. The maximum Gasteiger partial charge on any atom is 0.573 e. The fraction of sp³-hybridized carbons (Fsp3) is 0.375. The molecule has 1 aliphatic heterocycles. The number of aromatic nitrogens is 5. The molecule has 0 bridgehead atoms. The molecule has 2 aromatic heterocycles. The van der Waals surface area contributed by atoms with Gasteiger partial charge in [-0.3, -0.25) is 4.79 Å². The second kappa shape index (κ2) is 6.56. The van der Waals surface area contributed by atoms with Crippen molar-refractivity contribution in [3.05, 3.63) is 35.8 Å². The Morgan fingerprint density at radius 3 is 2.93 bits per heavy atom. The number of aryl methyl sites for hydroxylation is 1. The normalized spacial score (nSPS) is 14.4. The van der Waals surface area contributed by atoms with Crippen LogP contribution in [0, 0.1) is 0 Å². The molecule has 0 aliphatic carbocycles. The highest BCUT2D eigenvalue weighted by Crippen LogP contribution is 2.32. The van der Waals surface area contributed by atoms with Gasteiger partial charge >= 0.3 is 6.36 Å². The lowest BCUT2D eigenvalue weighted by atomic mass is 10.0. The number of carbonyl (C=O) groups excluding carboxylic acids is 1. The van der Waals surface area contributed by atoms with Crippen LogP contribution in [0.1, 0.15) is 17.7 Å². The third kappa shape index (κ3) is 3.71. The van der Waals surface area contributed by atoms with Gasteiger partial charge in [0.05, 0.1) is 6.54 Å². The van der Waals surface area contributed by atoms with Gasteiger partial charge in [-0.15, -0.1) is 18.3 Å². The quantitative estimate of drug-likeness (QED) is 0.748. The van der Waals surface area contributed by atoms with Crippen LogP contribution >= 0.6 is 0 Å². The molecule has 0 atom stereocenters. The minimum absolute atomic E-state index is 0.0619. The summed E-state index contributed by atoms with van der Waals surface area (Å²) >= 11 is 0. The summed E-state index contributed by atoms with van der Waals surface area (Å²) < 4.78 is 42.9. The second-order valence-electron chi connectivity index (χ2n) is 6.23. The Morgan fingerprint density at radius 1 is 1.33 bits per heavy atom. The highest BCUT2D eigenvalue weighted by molar-refractivity contribution is 5.87. The lowest BCUT2D eigenvalue weighted by Gasteiger charge is -2.27. The number of hydrogen-bond acceptors (Lipinski definition) is 5. The molecule has 4 rings (SSSR count). The molecule has 0 unspecified atom stereocenters. The number of alkyl halides is 3. The summed E-state index contributed by atoms with van der Waals surface area (Å²) in [5, 5.41) is 11.4. The first-order valence-electron chi connectivity index (χ1n) is 8.27. The summed E-state index contributed by atoms with van der Waals surface area (Å²) in [6, 6.07) is 4.18. The molecular weight excluding hydrogens is 365 g/mol. The third-order valence-corrected chi connectivity index (χ3v) is 4.48. The number of rotatable bonds is 4. The Hall–Kier alpha value is -3.11. The van der Waals surface area contributed by atoms with Crippen LogP contribution in [0.25, 0.3) is 10.9 Å². The number of aromatic amines is 1. The minimum atomic E-state index is -4.75. The number of benzene rings is 1. The zero-order chi connectivity index (χ0) is 19.0. The first-order chi connectivity index (χ1) is 12.9. The Balaban J connectivity index is 1.52. The van der Waals surface area contributed by atoms with E-state index in [1.165, 1.54) is 23.1 Å². The van der Waals surface area contributed by atoms with Gasteiger partial charge in [-0.25, -0.2) is 4.68 Å². The summed E-state index contributed by atoms with van der Waals surface area (Å²) in [7, 11) is 0. The van der Waals surface area contributed by atoms with E-state index in [0.717, 1.165) is 16.8 Å². The molecule has 1 N–H and O–H groups in total. The topological polar surface area (TPSA) is 88.9 Å². The van der Waals surface area contributed by atoms with Crippen LogP contribution in [0.5, 0.6) is 5.75 Å². The largest absolute Gasteiger partial charge is 0.573 e. The predicted molar refractivity (Wildman–Crippen MR) is 86.5 cm³/mol. The summed E-state index contributed by atoms with van der Waals surface area (Å²) in [5.41, 5.74) is 2.47. The SMILES string of the molecule is O=C(CCn1cnnn1)N1CCc2[nH]c3ccc(OC(F)(F)F)cc3c2C1. The third-order valence-electron chi connectivity index (χ3n) is 4.48. The zero-order valence-corrected chi connectivity index (χ0v) is 14.0. The number of fused-ring (bicyclic) bond motifs is 3. The van der Waals surface area contributed by atoms with Crippen LogP contribution in [0.4, 0.5) is 13.2 Å². The zero-order valence-electron chi connectivity index (χ0n) is 14.0. The molecule has 1 aliphatic rings. The number of hydrogen-bond donors (Lipinski definition) is 1. The summed E-state index contributed by atoms with van der Waals surface area (Å²) in [6.07, 6.45) is -2.47. The fourth-order valence-corrected chi connectivity index (χ4v) is 3.25. The van der Waals surface area contributed by atoms with Crippen molar-refractivity contribution in [1.82, 2.24) is 30.1 Å². The van der Waals surface area contributed by atoms with E-state index in [2.05, 4.69) is 25.2 Å². The van der Waals surface area contributed by atoms with Crippen molar-refractivity contribution < 1.29 is 22.7 Å². The average Bonchev–Trinajstić information content (AvgIpc) is 3.25. The number of carbonyl (C=O) groups is 1. The van der Waals surface area contributed by atoms with Crippen molar-refractivity contribution in [3.8, 4) is 5.75 Å². The van der Waals surface area contributed by atoms with E-state index in [4.69, 9.17) is 0 Å². The first-order valence-corrected chi connectivity index (χ1v) is 8.27. The summed E-state index contributed by atoms with van der Waals surface area (Å²) in [6.45, 7) is 1.24. The van der Waals surface area contributed by atoms with E-state index in [9.17, 15) is 18.0 Å². The molecule has 142 valence electrons. The maximum atomic E-state index is 12.5. The molecule has 3 heterocycles. The molecule has 3 aromatic rings. The summed E-state index contributed by atoms with van der Waals surface area (Å²) in [4.78, 5) is 17.4. The molecule has 1 amide bonds. The lowest BCUT2D eigenvalue weighted by Crippen LogP contribution is -2.36. The van der Waals surface area contributed by atoms with E-state index in [1.54, 1.807) is 11.0 Å². The van der Waals surface area contributed by atoms with Crippen molar-refractivity contribution in [2.24, 2.45) is 0 Å². The Kier molecular flexibility index (Phi) is 4.21. The monoisotopic (exact) mass is 380 g/mol. The number of halogens is 3. The molecule has 0 spiro atoms. The molecule has 0 radical (unpaired) electrons. The smallest absolute Gasteiger partial charge is 0.406 e. The van der Waals surface area contributed by atoms with E-state index >= 15 is 0 Å². The molecule has 27 heavy (non-hydrogen) atoms. The van der Waals surface area contributed by atoms with E-state index < -0.39 is 6.36 Å². The Bertz CT molecular complexity index is 967. The van der Waals surface area contributed by atoms with Gasteiger partial charge in [-0.2, -0.15) is 0 Å². The van der Waals surface area contributed by atoms with Crippen LogP contribution in [-0.4, -0.2) is 48.9 Å². The van der Waals surface area contributed by atoms with Gasteiger partial charge in [0.15, 0.2) is 0 Å². The van der Waals surface area contributed by atoms with Gasteiger partial charge in [0.2, 0.25) is 5.91 Å². The van der Waals surface area contributed by atoms with Crippen molar-refractivity contribution in [2.45, 2.75) is 32.3 Å². The minimum Gasteiger partial charge on any atom is -0.406 e. The predicted octanol–water partition coefficient (Wildman–Crippen LogP) is 2.03. The maximum absolute atomic E-state index is 12.5. The summed E-state index contributed by atoms with van der Waals surface area (Å²) in [5.74, 6) is -0.341. The van der Waals surface area contributed by atoms with Crippen molar-refractivity contribution in [1.29, 1.82) is 0 Å². The molecule has 8 nitrogen and oxygen atoms in total. The van der Waals surface area contributed by atoms with E-state index in [1.807, 2.05) is 0 Å². The number of tetrazole rings is 1. The lowest BCUT2D eigenvalue weighted by molar-refractivity contribution is -0.274. The van der Waals surface area contributed by atoms with Gasteiger partial charge in [0.25, 0.3) is 0 Å². The Morgan fingerprint density at radius 2 is 2.19 bits per heavy atom. The van der Waals surface area contributed by atoms with E-state index in [0.29, 0.717) is 31.4 Å². The van der Waals surface area contributed by atoms with Gasteiger partial charge < -0.3 is 14.6 Å². The number of amides is 1. The van der Waals surface area contributed by atoms with Crippen LogP contribution in [0.3, 0.4) is 0 Å². The van der Waals surface area contributed by atoms with Crippen LogP contribution in [0.15, 0.2) is 24.5 Å². The van der Waals surface area contributed by atoms with Gasteiger partial charge in [-0.1, -0.05) is 0 Å². The fourth-order valence-electron chi connectivity index (χ4n) is 3.25. The standard InChI is InChI=1S/C16H15F3N6O2/c17-16(18,19)27-10-1-2-13-11(7-10)12-8-24(5-3-14(12)21-13)15(26)4-6-25-9-20-22-23-25/h1-2,7,9,21H,3-6,8H2. The van der Waals surface area contributed by atoms with Gasteiger partial charge in [0.1, 0.15) is 12.1 Å². The number of nitrogens with one attached hydrogen (secondary N) is 1. The highest BCUT2D eigenvalue weighted by Gasteiger charge is 2.31. The van der Waals surface area contributed by atoms with Gasteiger partial charge in [-0.05, 0) is 28.6 Å². The van der Waals surface area contributed by atoms with Crippen molar-refractivity contribution >= 4 is 16.8 Å². The molecule has 0 saturated carbocycles. The van der Waals surface area contributed by atoms with Crippen molar-refractivity contribution in [2.75, 3.05) is 6.54 Å². The average molecular weight is 380 g/mol. The molecule has 0 saturated heterocycles. The molecule has 11 heteroatoms. The Labute approximate surface area is 150 Å². The second-order valence-corrected chi connectivity index (χ2v) is 6.23. The molecular formula is C16H15F3N6O2. The highest BCUT2D eigenvalue weighted by atomic mass is 19.4. The number of H-pyrrole nitrogens is 1.